The number of hydrogen-bond donors (Lipinski definition) is 2. The molecule has 17 heavy (non-hydrogen) atoms. The predicted octanol–water partition coefficient (Wildman–Crippen LogP) is 0.163. The molecule has 1 aliphatic rings. The maximum absolute atomic E-state index is 11.1. The molecule has 0 aromatic heterocycles. The number of carboxylic acid groups (broad SMARTS) is 1. The minimum atomic E-state index is -1.08. The van der Waals surface area contributed by atoms with Gasteiger partial charge in [0.1, 0.15) is 13.2 Å². The number of rotatable bonds is 8. The van der Waals surface area contributed by atoms with Crippen molar-refractivity contribution in [2.24, 2.45) is 0 Å². The third kappa shape index (κ3) is 6.91. The molecule has 6 heteroatoms. The van der Waals surface area contributed by atoms with Gasteiger partial charge >= 0.3 is 5.97 Å². The molecule has 0 heterocycles. The summed E-state index contributed by atoms with van der Waals surface area (Å²) in [7, 11) is 0. The Balaban J connectivity index is 1.90. The summed E-state index contributed by atoms with van der Waals surface area (Å²) in [5.41, 5.74) is 0. The Labute approximate surface area is 100 Å². The largest absolute Gasteiger partial charge is 0.480 e. The predicted molar refractivity (Wildman–Crippen MR) is 59.7 cm³/mol. The second-order valence-corrected chi connectivity index (χ2v) is 4.01. The van der Waals surface area contributed by atoms with Crippen molar-refractivity contribution in [3.05, 3.63) is 0 Å². The van der Waals surface area contributed by atoms with E-state index in [1.165, 1.54) is 12.8 Å². The van der Waals surface area contributed by atoms with Crippen LogP contribution in [0.5, 0.6) is 0 Å². The highest BCUT2D eigenvalue weighted by Crippen LogP contribution is 2.20. The van der Waals surface area contributed by atoms with Gasteiger partial charge in [0.05, 0.1) is 12.7 Å². The lowest BCUT2D eigenvalue weighted by Gasteiger charge is -2.11. The fraction of sp³-hybridized carbons (Fsp3) is 0.818. The number of aliphatic carboxylic acids is 1. The molecular weight excluding hydrogens is 226 g/mol. The zero-order valence-corrected chi connectivity index (χ0v) is 9.81. The van der Waals surface area contributed by atoms with Gasteiger partial charge in [-0.2, -0.15) is 0 Å². The molecule has 6 nitrogen and oxygen atoms in total. The van der Waals surface area contributed by atoms with Crippen LogP contribution in [0.3, 0.4) is 0 Å². The summed E-state index contributed by atoms with van der Waals surface area (Å²) in [5, 5.41) is 10.9. The van der Waals surface area contributed by atoms with Crippen LogP contribution in [-0.4, -0.2) is 49.5 Å². The van der Waals surface area contributed by atoms with E-state index in [4.69, 9.17) is 9.84 Å². The smallest absolute Gasteiger partial charge is 0.329 e. The van der Waals surface area contributed by atoms with Crippen LogP contribution in [0.1, 0.15) is 25.7 Å². The lowest BCUT2D eigenvalue weighted by Crippen LogP contribution is -2.32. The molecule has 1 saturated carbocycles. The number of carboxylic acids is 1. The molecule has 2 N–H and O–H groups in total. The molecule has 98 valence electrons. The van der Waals surface area contributed by atoms with Gasteiger partial charge in [0.25, 0.3) is 0 Å². The van der Waals surface area contributed by atoms with Crippen molar-refractivity contribution >= 4 is 11.9 Å². The van der Waals surface area contributed by atoms with E-state index >= 15 is 0 Å². The van der Waals surface area contributed by atoms with Crippen molar-refractivity contribution in [2.45, 2.75) is 31.8 Å². The van der Waals surface area contributed by atoms with Gasteiger partial charge in [-0.1, -0.05) is 12.8 Å². The Kier molecular flexibility index (Phi) is 6.57. The third-order valence-electron chi connectivity index (χ3n) is 2.54. The van der Waals surface area contributed by atoms with Crippen molar-refractivity contribution in [1.82, 2.24) is 5.32 Å². The minimum Gasteiger partial charge on any atom is -0.480 e. The van der Waals surface area contributed by atoms with Crippen LogP contribution in [0, 0.1) is 0 Å². The van der Waals surface area contributed by atoms with Crippen LogP contribution in [0.15, 0.2) is 0 Å². The molecule has 0 aliphatic heterocycles. The summed E-state index contributed by atoms with van der Waals surface area (Å²) in [6.07, 6.45) is 5.00. The molecule has 1 amide bonds. The van der Waals surface area contributed by atoms with E-state index in [9.17, 15) is 9.59 Å². The summed E-state index contributed by atoms with van der Waals surface area (Å²) >= 11 is 0. The molecule has 1 rings (SSSR count). The Morgan fingerprint density at radius 1 is 1.24 bits per heavy atom. The van der Waals surface area contributed by atoms with E-state index < -0.39 is 12.6 Å². The fourth-order valence-electron chi connectivity index (χ4n) is 1.75. The van der Waals surface area contributed by atoms with Gasteiger partial charge in [0.15, 0.2) is 0 Å². The molecule has 0 atom stereocenters. The standard InChI is InChI=1S/C11H19NO5/c13-10(7-16-8-11(14)15)12-5-6-17-9-3-1-2-4-9/h9H,1-8H2,(H,12,13)(H,14,15). The Morgan fingerprint density at radius 3 is 2.59 bits per heavy atom. The van der Waals surface area contributed by atoms with Gasteiger partial charge in [-0.05, 0) is 12.8 Å². The Hall–Kier alpha value is -1.14. The molecule has 0 radical (unpaired) electrons. The molecular formula is C11H19NO5. The summed E-state index contributed by atoms with van der Waals surface area (Å²) in [6, 6.07) is 0. The normalized spacial score (nSPS) is 16.0. The van der Waals surface area contributed by atoms with Gasteiger partial charge < -0.3 is 19.9 Å². The monoisotopic (exact) mass is 245 g/mol. The lowest BCUT2D eigenvalue weighted by molar-refractivity contribution is -0.143. The summed E-state index contributed by atoms with van der Waals surface area (Å²) in [6.45, 7) is 0.253. The van der Waals surface area contributed by atoms with Crippen LogP contribution >= 0.6 is 0 Å². The first-order valence-corrected chi connectivity index (χ1v) is 5.86. The van der Waals surface area contributed by atoms with Crippen molar-refractivity contribution in [1.29, 1.82) is 0 Å². The van der Waals surface area contributed by atoms with Crippen molar-refractivity contribution in [3.8, 4) is 0 Å². The minimum absolute atomic E-state index is 0.226. The van der Waals surface area contributed by atoms with Gasteiger partial charge in [-0.25, -0.2) is 4.79 Å². The lowest BCUT2D eigenvalue weighted by atomic mass is 10.3. The van der Waals surface area contributed by atoms with Crippen LogP contribution < -0.4 is 5.32 Å². The third-order valence-corrected chi connectivity index (χ3v) is 2.54. The van der Waals surface area contributed by atoms with Crippen LogP contribution in [0.25, 0.3) is 0 Å². The second-order valence-electron chi connectivity index (χ2n) is 4.01. The quantitative estimate of drug-likeness (QED) is 0.595. The maximum atomic E-state index is 11.1. The molecule has 0 spiro atoms. The summed E-state index contributed by atoms with van der Waals surface area (Å²) < 4.78 is 10.2. The van der Waals surface area contributed by atoms with Crippen LogP contribution in [0.2, 0.25) is 0 Å². The van der Waals surface area contributed by atoms with Crippen LogP contribution in [0.4, 0.5) is 0 Å². The van der Waals surface area contributed by atoms with Crippen LogP contribution in [-0.2, 0) is 19.1 Å². The first-order valence-electron chi connectivity index (χ1n) is 5.86. The van der Waals surface area contributed by atoms with E-state index in [0.29, 0.717) is 19.3 Å². The molecule has 1 aliphatic carbocycles. The highest BCUT2D eigenvalue weighted by molar-refractivity contribution is 5.77. The summed E-state index contributed by atoms with van der Waals surface area (Å²) in [5.74, 6) is -1.40. The zero-order chi connectivity index (χ0) is 12.5. The van der Waals surface area contributed by atoms with E-state index in [1.54, 1.807) is 0 Å². The fourth-order valence-corrected chi connectivity index (χ4v) is 1.75. The average Bonchev–Trinajstić information content (AvgIpc) is 2.76. The maximum Gasteiger partial charge on any atom is 0.329 e. The zero-order valence-electron chi connectivity index (χ0n) is 9.81. The molecule has 1 fully saturated rings. The molecule has 0 unspecified atom stereocenters. The second kappa shape index (κ2) is 8.03. The SMILES string of the molecule is O=C(O)COCC(=O)NCCOC1CCCC1. The van der Waals surface area contributed by atoms with Gasteiger partial charge in [-0.3, -0.25) is 4.79 Å². The van der Waals surface area contributed by atoms with Gasteiger partial charge in [-0.15, -0.1) is 0 Å². The van der Waals surface area contributed by atoms with E-state index in [-0.39, 0.29) is 12.5 Å². The molecule has 0 saturated heterocycles. The van der Waals surface area contributed by atoms with Gasteiger partial charge in [0.2, 0.25) is 5.91 Å². The molecule has 0 aromatic carbocycles. The number of carbonyl (C=O) groups excluding carboxylic acids is 1. The Bertz CT molecular complexity index is 250. The first-order chi connectivity index (χ1) is 8.18. The first kappa shape index (κ1) is 13.9. The number of amides is 1. The molecule has 0 bridgehead atoms. The molecule has 0 aromatic rings. The topological polar surface area (TPSA) is 84.9 Å². The van der Waals surface area contributed by atoms with E-state index in [1.807, 2.05) is 0 Å². The van der Waals surface area contributed by atoms with E-state index in [2.05, 4.69) is 10.1 Å². The summed E-state index contributed by atoms with van der Waals surface area (Å²) in [4.78, 5) is 21.2. The van der Waals surface area contributed by atoms with E-state index in [0.717, 1.165) is 12.8 Å². The number of nitrogens with one attached hydrogen (secondary N) is 1. The number of carbonyl (C=O) groups is 2. The van der Waals surface area contributed by atoms with Crippen molar-refractivity contribution in [3.63, 3.8) is 0 Å². The number of ether oxygens (including phenoxy) is 2. The van der Waals surface area contributed by atoms with Crippen molar-refractivity contribution in [2.75, 3.05) is 26.4 Å². The number of hydrogen-bond acceptors (Lipinski definition) is 4. The highest BCUT2D eigenvalue weighted by Gasteiger charge is 2.14. The average molecular weight is 245 g/mol. The Morgan fingerprint density at radius 2 is 1.94 bits per heavy atom. The van der Waals surface area contributed by atoms with Crippen molar-refractivity contribution < 1.29 is 24.2 Å². The highest BCUT2D eigenvalue weighted by atomic mass is 16.5. The van der Waals surface area contributed by atoms with Gasteiger partial charge in [0, 0.05) is 6.54 Å².